The van der Waals surface area contributed by atoms with Gasteiger partial charge in [0, 0.05) is 17.9 Å². The van der Waals surface area contributed by atoms with Crippen molar-refractivity contribution in [3.63, 3.8) is 0 Å². The van der Waals surface area contributed by atoms with Gasteiger partial charge in [0.05, 0.1) is 18.2 Å². The van der Waals surface area contributed by atoms with Crippen molar-refractivity contribution in [2.75, 3.05) is 5.32 Å². The number of nitrogens with zero attached hydrogens (tertiary/aromatic N) is 1. The summed E-state index contributed by atoms with van der Waals surface area (Å²) in [4.78, 5) is 28.8. The van der Waals surface area contributed by atoms with Crippen LogP contribution in [0.1, 0.15) is 41.6 Å². The van der Waals surface area contributed by atoms with E-state index in [0.717, 1.165) is 16.8 Å². The highest BCUT2D eigenvalue weighted by Gasteiger charge is 2.18. The Morgan fingerprint density at radius 2 is 1.72 bits per heavy atom. The Hall–Kier alpha value is -2.99. The van der Waals surface area contributed by atoms with Gasteiger partial charge in [-0.05, 0) is 37.5 Å². The molecule has 1 aromatic heterocycles. The first-order chi connectivity index (χ1) is 13.8. The molecule has 2 N–H and O–H groups in total. The lowest BCUT2D eigenvalue weighted by molar-refractivity contribution is -0.120. The van der Waals surface area contributed by atoms with E-state index in [0.29, 0.717) is 5.13 Å². The maximum Gasteiger partial charge on any atom is 0.228 e. The summed E-state index contributed by atoms with van der Waals surface area (Å²) in [7, 11) is 0. The van der Waals surface area contributed by atoms with Gasteiger partial charge in [0.25, 0.3) is 0 Å². The number of aryl methyl sites for hydroxylation is 3. The molecule has 6 heteroatoms. The number of benzene rings is 2. The average Bonchev–Trinajstić information content (AvgIpc) is 3.08. The van der Waals surface area contributed by atoms with Gasteiger partial charge in [0.1, 0.15) is 0 Å². The van der Waals surface area contributed by atoms with Crippen molar-refractivity contribution >= 4 is 28.3 Å². The molecule has 1 heterocycles. The normalized spacial score (nSPS) is 11.7. The van der Waals surface area contributed by atoms with Crippen LogP contribution in [0.5, 0.6) is 0 Å². The van der Waals surface area contributed by atoms with Crippen LogP contribution in [0, 0.1) is 20.8 Å². The van der Waals surface area contributed by atoms with E-state index in [1.165, 1.54) is 35.0 Å². The minimum atomic E-state index is -0.380. The fourth-order valence-corrected chi connectivity index (χ4v) is 4.29. The van der Waals surface area contributed by atoms with E-state index in [4.69, 9.17) is 0 Å². The number of hydrogen-bond donors (Lipinski definition) is 2. The number of amides is 2. The van der Waals surface area contributed by atoms with Crippen LogP contribution in [0.2, 0.25) is 0 Å². The molecule has 0 saturated heterocycles. The lowest BCUT2D eigenvalue weighted by Gasteiger charge is -2.17. The van der Waals surface area contributed by atoms with Gasteiger partial charge in [0.15, 0.2) is 5.13 Å². The first-order valence-corrected chi connectivity index (χ1v) is 10.4. The molecular formula is C23H25N3O2S. The molecule has 5 nitrogen and oxygen atoms in total. The Balaban J connectivity index is 1.74. The van der Waals surface area contributed by atoms with Gasteiger partial charge in [-0.15, -0.1) is 11.3 Å². The third-order valence-electron chi connectivity index (χ3n) is 4.65. The van der Waals surface area contributed by atoms with E-state index in [2.05, 4.69) is 48.5 Å². The third kappa shape index (κ3) is 5.29. The van der Waals surface area contributed by atoms with E-state index in [1.807, 2.05) is 35.7 Å². The van der Waals surface area contributed by atoms with Gasteiger partial charge < -0.3 is 10.6 Å². The van der Waals surface area contributed by atoms with Crippen LogP contribution in [0.15, 0.2) is 47.8 Å². The Morgan fingerprint density at radius 3 is 2.34 bits per heavy atom. The number of carbonyl (C=O) groups excluding carboxylic acids is 2. The number of nitrogens with one attached hydrogen (secondary N) is 2. The summed E-state index contributed by atoms with van der Waals surface area (Å²) in [5.74, 6) is -0.362. The highest BCUT2D eigenvalue weighted by atomic mass is 32.1. The van der Waals surface area contributed by atoms with Crippen molar-refractivity contribution < 1.29 is 9.59 Å². The molecule has 0 unspecified atom stereocenters. The van der Waals surface area contributed by atoms with Gasteiger partial charge in [-0.1, -0.05) is 48.0 Å². The van der Waals surface area contributed by atoms with E-state index < -0.39 is 0 Å². The average molecular weight is 408 g/mol. The summed E-state index contributed by atoms with van der Waals surface area (Å²) < 4.78 is 0. The highest BCUT2D eigenvalue weighted by Crippen LogP contribution is 2.31. The summed E-state index contributed by atoms with van der Waals surface area (Å²) in [5, 5.41) is 8.24. The van der Waals surface area contributed by atoms with E-state index in [9.17, 15) is 9.59 Å². The molecule has 3 rings (SSSR count). The van der Waals surface area contributed by atoms with Crippen LogP contribution < -0.4 is 10.6 Å². The van der Waals surface area contributed by atoms with Gasteiger partial charge in [-0.3, -0.25) is 9.59 Å². The molecule has 0 aliphatic rings. The molecule has 0 radical (unpaired) electrons. The Morgan fingerprint density at radius 1 is 1.07 bits per heavy atom. The monoisotopic (exact) mass is 407 g/mol. The molecular weight excluding hydrogens is 382 g/mol. The molecule has 150 valence electrons. The van der Waals surface area contributed by atoms with Gasteiger partial charge in [-0.25, -0.2) is 4.98 Å². The number of aromatic nitrogens is 1. The second-order valence-corrected chi connectivity index (χ2v) is 8.09. The number of hydrogen-bond acceptors (Lipinski definition) is 4. The molecule has 0 aliphatic carbocycles. The summed E-state index contributed by atoms with van der Waals surface area (Å²) in [6.07, 6.45) is 0.140. The van der Waals surface area contributed by atoms with Gasteiger partial charge in [-0.2, -0.15) is 0 Å². The molecule has 3 aromatic rings. The largest absolute Gasteiger partial charge is 0.349 e. The van der Waals surface area contributed by atoms with Crippen LogP contribution in [-0.4, -0.2) is 16.8 Å². The van der Waals surface area contributed by atoms with Crippen molar-refractivity contribution in [2.24, 2.45) is 0 Å². The maximum absolute atomic E-state index is 12.6. The minimum Gasteiger partial charge on any atom is -0.349 e. The fourth-order valence-electron chi connectivity index (χ4n) is 3.57. The van der Waals surface area contributed by atoms with Crippen LogP contribution in [-0.2, 0) is 9.59 Å². The van der Waals surface area contributed by atoms with Crippen molar-refractivity contribution in [1.29, 1.82) is 0 Å². The molecule has 0 aliphatic heterocycles. The molecule has 0 saturated carbocycles. The minimum absolute atomic E-state index is 0.140. The summed E-state index contributed by atoms with van der Waals surface area (Å²) >= 11 is 1.40. The van der Waals surface area contributed by atoms with Gasteiger partial charge in [0.2, 0.25) is 11.8 Å². The molecule has 0 bridgehead atoms. The molecule has 2 aromatic carbocycles. The van der Waals surface area contributed by atoms with Crippen molar-refractivity contribution in [3.05, 3.63) is 70.1 Å². The Bertz CT molecular complexity index is 1000. The standard InChI is InChI=1S/C23H25N3O2S/c1-14-10-15(2)22(16(3)11-14)20-13-29-23(25-20)26-21(28)12-19(24-17(4)27)18-8-6-5-7-9-18/h5-11,13,19H,12H2,1-4H3,(H,24,27)(H,25,26,28)/t19-/m0/s1. The van der Waals surface area contributed by atoms with Crippen LogP contribution in [0.25, 0.3) is 11.3 Å². The maximum atomic E-state index is 12.6. The van der Waals surface area contributed by atoms with Crippen molar-refractivity contribution in [3.8, 4) is 11.3 Å². The molecule has 1 atom stereocenters. The Labute approximate surface area is 175 Å². The summed E-state index contributed by atoms with van der Waals surface area (Å²) in [6, 6.07) is 13.4. The first-order valence-electron chi connectivity index (χ1n) is 9.49. The Kier molecular flexibility index (Phi) is 6.44. The quantitative estimate of drug-likeness (QED) is 0.608. The lowest BCUT2D eigenvalue weighted by atomic mass is 9.98. The summed E-state index contributed by atoms with van der Waals surface area (Å²) in [5.41, 5.74) is 6.41. The third-order valence-corrected chi connectivity index (χ3v) is 5.41. The highest BCUT2D eigenvalue weighted by molar-refractivity contribution is 7.14. The second kappa shape index (κ2) is 9.01. The topological polar surface area (TPSA) is 71.1 Å². The smallest absolute Gasteiger partial charge is 0.228 e. The number of carbonyl (C=O) groups is 2. The predicted molar refractivity (Wildman–Crippen MR) is 118 cm³/mol. The van der Waals surface area contributed by atoms with Gasteiger partial charge >= 0.3 is 0 Å². The van der Waals surface area contributed by atoms with Crippen LogP contribution in [0.4, 0.5) is 5.13 Å². The first kappa shape index (κ1) is 20.7. The van der Waals surface area contributed by atoms with Crippen molar-refractivity contribution in [2.45, 2.75) is 40.2 Å². The van der Waals surface area contributed by atoms with Crippen LogP contribution >= 0.6 is 11.3 Å². The molecule has 0 spiro atoms. The number of anilines is 1. The zero-order valence-corrected chi connectivity index (χ0v) is 17.9. The molecule has 0 fully saturated rings. The predicted octanol–water partition coefficient (Wildman–Crippen LogP) is 4.94. The SMILES string of the molecule is CC(=O)N[C@@H](CC(=O)Nc1nc(-c2c(C)cc(C)cc2C)cs1)c1ccccc1. The zero-order valence-electron chi connectivity index (χ0n) is 17.1. The molecule has 2 amide bonds. The van der Waals surface area contributed by atoms with E-state index in [1.54, 1.807) is 0 Å². The van der Waals surface area contributed by atoms with Crippen molar-refractivity contribution in [1.82, 2.24) is 10.3 Å². The van der Waals surface area contributed by atoms with E-state index in [-0.39, 0.29) is 24.3 Å². The summed E-state index contributed by atoms with van der Waals surface area (Å²) in [6.45, 7) is 7.68. The zero-order chi connectivity index (χ0) is 21.0. The second-order valence-electron chi connectivity index (χ2n) is 7.23. The van der Waals surface area contributed by atoms with E-state index >= 15 is 0 Å². The molecule has 29 heavy (non-hydrogen) atoms. The van der Waals surface area contributed by atoms with Crippen LogP contribution in [0.3, 0.4) is 0 Å². The number of thiazole rings is 1. The lowest BCUT2D eigenvalue weighted by Crippen LogP contribution is -2.29. The fraction of sp³-hybridized carbons (Fsp3) is 0.261. The number of rotatable bonds is 6.